The first-order valence-electron chi connectivity index (χ1n) is 10.6. The summed E-state index contributed by atoms with van der Waals surface area (Å²) in [5.74, 6) is 3.44. The van der Waals surface area contributed by atoms with Gasteiger partial charge >= 0.3 is 0 Å². The number of nitrogens with one attached hydrogen (secondary N) is 2. The summed E-state index contributed by atoms with van der Waals surface area (Å²) in [6, 6.07) is 6.30. The maximum Gasteiger partial charge on any atom is 0.231 e. The van der Waals surface area contributed by atoms with Crippen LogP contribution in [0.3, 0.4) is 0 Å². The number of hydrogen-bond donors (Lipinski definition) is 2. The molecule has 30 heavy (non-hydrogen) atoms. The van der Waals surface area contributed by atoms with Gasteiger partial charge in [0.25, 0.3) is 0 Å². The second-order valence-corrected chi connectivity index (χ2v) is 7.64. The molecule has 1 aliphatic carbocycles. The highest BCUT2D eigenvalue weighted by Gasteiger charge is 2.44. The summed E-state index contributed by atoms with van der Waals surface area (Å²) in [4.78, 5) is 4.81. The zero-order valence-electron chi connectivity index (χ0n) is 17.9. The molecule has 1 aromatic carbocycles. The summed E-state index contributed by atoms with van der Waals surface area (Å²) in [5.41, 5.74) is 3.55. The van der Waals surface area contributed by atoms with E-state index in [9.17, 15) is 0 Å². The van der Waals surface area contributed by atoms with Gasteiger partial charge in [-0.25, -0.2) is 4.99 Å². The molecular weight excluding hydrogens is 495 g/mol. The Bertz CT molecular complexity index is 871. The standard InChI is InChI=1S/C22H30N4O3.HI/c1-4-17-16(18(5-2)29-26-17)12-24-21(23-6-3)25-13-22(9-10-22)15-7-8-19-20(11-15)28-14-27-19;/h7-8,11H,4-6,9-10,12-14H2,1-3H3,(H2,23,24,25);1H. The molecule has 0 amide bonds. The van der Waals surface area contributed by atoms with Crippen LogP contribution in [0, 0.1) is 0 Å². The van der Waals surface area contributed by atoms with Crippen LogP contribution in [0.15, 0.2) is 27.7 Å². The SMILES string of the molecule is CCNC(=NCc1c(CC)noc1CC)NCC1(c2ccc3c(c2)OCO3)CC1.I. The molecule has 1 aliphatic heterocycles. The second kappa shape index (κ2) is 9.89. The molecule has 2 N–H and O–H groups in total. The topological polar surface area (TPSA) is 80.9 Å². The number of halogens is 1. The Morgan fingerprint density at radius 3 is 2.60 bits per heavy atom. The molecule has 1 saturated carbocycles. The fraction of sp³-hybridized carbons (Fsp3) is 0.545. The zero-order chi connectivity index (χ0) is 20.3. The van der Waals surface area contributed by atoms with Crippen LogP contribution in [0.5, 0.6) is 11.5 Å². The number of aryl methyl sites for hydroxylation is 2. The van der Waals surface area contributed by atoms with E-state index in [0.717, 1.165) is 73.2 Å². The van der Waals surface area contributed by atoms with Gasteiger partial charge in [-0.15, -0.1) is 24.0 Å². The van der Waals surface area contributed by atoms with E-state index in [0.29, 0.717) is 13.3 Å². The number of fused-ring (bicyclic) bond motifs is 1. The fourth-order valence-corrected chi connectivity index (χ4v) is 3.81. The molecule has 7 nitrogen and oxygen atoms in total. The molecule has 0 atom stereocenters. The minimum atomic E-state index is 0. The van der Waals surface area contributed by atoms with Crippen LogP contribution in [-0.2, 0) is 24.8 Å². The fourth-order valence-electron chi connectivity index (χ4n) is 3.81. The van der Waals surface area contributed by atoms with Crippen LogP contribution in [0.2, 0.25) is 0 Å². The molecule has 2 heterocycles. The molecule has 0 spiro atoms. The van der Waals surface area contributed by atoms with Crippen LogP contribution < -0.4 is 20.1 Å². The quantitative estimate of drug-likeness (QED) is 0.308. The Hall–Kier alpha value is -1.97. The Balaban J connectivity index is 0.00000256. The van der Waals surface area contributed by atoms with E-state index in [1.165, 1.54) is 5.56 Å². The zero-order valence-corrected chi connectivity index (χ0v) is 20.2. The summed E-state index contributed by atoms with van der Waals surface area (Å²) in [5, 5.41) is 11.1. The van der Waals surface area contributed by atoms with E-state index >= 15 is 0 Å². The Morgan fingerprint density at radius 2 is 1.90 bits per heavy atom. The van der Waals surface area contributed by atoms with Crippen LogP contribution >= 0.6 is 24.0 Å². The van der Waals surface area contributed by atoms with E-state index in [2.05, 4.69) is 48.7 Å². The average molecular weight is 526 g/mol. The van der Waals surface area contributed by atoms with Crippen molar-refractivity contribution in [2.75, 3.05) is 19.9 Å². The molecule has 0 saturated heterocycles. The molecule has 2 aliphatic rings. The Kier molecular flexibility index (Phi) is 7.49. The van der Waals surface area contributed by atoms with E-state index in [4.69, 9.17) is 19.0 Å². The normalized spacial score (nSPS) is 16.2. The number of ether oxygens (including phenoxy) is 2. The molecule has 8 heteroatoms. The number of aromatic nitrogens is 1. The van der Waals surface area contributed by atoms with Crippen LogP contribution in [0.4, 0.5) is 0 Å². The van der Waals surface area contributed by atoms with Gasteiger partial charge in [0.1, 0.15) is 5.76 Å². The molecule has 0 radical (unpaired) electrons. The highest BCUT2D eigenvalue weighted by Crippen LogP contribution is 2.49. The van der Waals surface area contributed by atoms with E-state index in [1.54, 1.807) is 0 Å². The number of rotatable bonds is 8. The summed E-state index contributed by atoms with van der Waals surface area (Å²) in [6.07, 6.45) is 4.00. The molecule has 1 aromatic heterocycles. The summed E-state index contributed by atoms with van der Waals surface area (Å²) < 4.78 is 16.5. The number of benzene rings is 1. The molecule has 1 fully saturated rings. The van der Waals surface area contributed by atoms with Crippen molar-refractivity contribution in [1.82, 2.24) is 15.8 Å². The van der Waals surface area contributed by atoms with Gasteiger partial charge in [-0.2, -0.15) is 0 Å². The largest absolute Gasteiger partial charge is 0.454 e. The van der Waals surface area contributed by atoms with E-state index < -0.39 is 0 Å². The summed E-state index contributed by atoms with van der Waals surface area (Å²) >= 11 is 0. The third-order valence-corrected chi connectivity index (χ3v) is 5.78. The van der Waals surface area contributed by atoms with Crippen molar-refractivity contribution in [3.8, 4) is 11.5 Å². The number of nitrogens with zero attached hydrogens (tertiary/aromatic N) is 2. The van der Waals surface area contributed by atoms with Gasteiger partial charge in [-0.05, 0) is 43.9 Å². The van der Waals surface area contributed by atoms with Gasteiger partial charge in [0.15, 0.2) is 17.5 Å². The lowest BCUT2D eigenvalue weighted by atomic mass is 9.95. The van der Waals surface area contributed by atoms with E-state index in [-0.39, 0.29) is 29.4 Å². The molecule has 0 bridgehead atoms. The highest BCUT2D eigenvalue weighted by molar-refractivity contribution is 14.0. The minimum Gasteiger partial charge on any atom is -0.454 e. The van der Waals surface area contributed by atoms with Crippen molar-refractivity contribution in [2.45, 2.75) is 58.4 Å². The lowest BCUT2D eigenvalue weighted by molar-refractivity contribution is 0.174. The Labute approximate surface area is 195 Å². The lowest BCUT2D eigenvalue weighted by Gasteiger charge is -2.19. The van der Waals surface area contributed by atoms with Gasteiger partial charge < -0.3 is 24.6 Å². The monoisotopic (exact) mass is 526 g/mol. The van der Waals surface area contributed by atoms with Crippen molar-refractivity contribution in [2.24, 2.45) is 4.99 Å². The predicted molar refractivity (Wildman–Crippen MR) is 127 cm³/mol. The van der Waals surface area contributed by atoms with Crippen LogP contribution in [-0.4, -0.2) is 31.0 Å². The third-order valence-electron chi connectivity index (χ3n) is 5.78. The van der Waals surface area contributed by atoms with Gasteiger partial charge in [0.2, 0.25) is 6.79 Å². The summed E-state index contributed by atoms with van der Waals surface area (Å²) in [7, 11) is 0. The van der Waals surface area contributed by atoms with Gasteiger partial charge in [0.05, 0.1) is 12.2 Å². The number of hydrogen-bond acceptors (Lipinski definition) is 5. The molecule has 164 valence electrons. The lowest BCUT2D eigenvalue weighted by Crippen LogP contribution is -2.41. The molecule has 0 unspecified atom stereocenters. The molecular formula is C22H31IN4O3. The molecule has 4 rings (SSSR count). The van der Waals surface area contributed by atoms with Crippen molar-refractivity contribution < 1.29 is 14.0 Å². The first-order chi connectivity index (χ1) is 14.2. The van der Waals surface area contributed by atoms with Gasteiger partial charge in [-0.3, -0.25) is 0 Å². The van der Waals surface area contributed by atoms with Crippen molar-refractivity contribution in [3.05, 3.63) is 40.8 Å². The second-order valence-electron chi connectivity index (χ2n) is 7.64. The first-order valence-corrected chi connectivity index (χ1v) is 10.6. The van der Waals surface area contributed by atoms with E-state index in [1.807, 2.05) is 6.07 Å². The third kappa shape index (κ3) is 4.68. The summed E-state index contributed by atoms with van der Waals surface area (Å²) in [6.45, 7) is 8.79. The highest BCUT2D eigenvalue weighted by atomic mass is 127. The van der Waals surface area contributed by atoms with Crippen molar-refractivity contribution in [1.29, 1.82) is 0 Å². The van der Waals surface area contributed by atoms with Gasteiger partial charge in [0, 0.05) is 30.5 Å². The smallest absolute Gasteiger partial charge is 0.231 e. The van der Waals surface area contributed by atoms with Crippen LogP contribution in [0.1, 0.15) is 56.2 Å². The number of aliphatic imine (C=N–C) groups is 1. The number of guanidine groups is 1. The predicted octanol–water partition coefficient (Wildman–Crippen LogP) is 3.93. The molecule has 2 aromatic rings. The van der Waals surface area contributed by atoms with Gasteiger partial charge in [-0.1, -0.05) is 25.1 Å². The van der Waals surface area contributed by atoms with Crippen LogP contribution in [0.25, 0.3) is 0 Å². The Morgan fingerprint density at radius 1 is 1.10 bits per heavy atom. The van der Waals surface area contributed by atoms with Crippen molar-refractivity contribution >= 4 is 29.9 Å². The first kappa shape index (κ1) is 22.7. The minimum absolute atomic E-state index is 0. The maximum absolute atomic E-state index is 5.56. The average Bonchev–Trinajstić information content (AvgIpc) is 3.21. The van der Waals surface area contributed by atoms with Crippen molar-refractivity contribution in [3.63, 3.8) is 0 Å². The maximum atomic E-state index is 5.56.